The van der Waals surface area contributed by atoms with Crippen LogP contribution in [0.25, 0.3) is 0 Å². The van der Waals surface area contributed by atoms with Gasteiger partial charge in [-0.05, 0) is 23.6 Å². The molecular formula is C18H25N3O3S2. The van der Waals surface area contributed by atoms with Crippen molar-refractivity contribution >= 4 is 38.4 Å². The Balaban J connectivity index is 1.87. The molecule has 1 aromatic rings. The lowest BCUT2D eigenvalue weighted by Crippen LogP contribution is -2.39. The van der Waals surface area contributed by atoms with Gasteiger partial charge in [0.05, 0.1) is 29.3 Å². The summed E-state index contributed by atoms with van der Waals surface area (Å²) in [6, 6.07) is 7.76. The summed E-state index contributed by atoms with van der Waals surface area (Å²) >= 11 is 1.38. The third kappa shape index (κ3) is 3.91. The van der Waals surface area contributed by atoms with Crippen molar-refractivity contribution in [3.63, 3.8) is 0 Å². The highest BCUT2D eigenvalue weighted by molar-refractivity contribution is 8.14. The zero-order chi connectivity index (χ0) is 19.1. The molecule has 1 aromatic carbocycles. The fraction of sp³-hybridized carbons (Fsp3) is 0.556. The van der Waals surface area contributed by atoms with Gasteiger partial charge in [-0.25, -0.2) is 8.42 Å². The molecule has 2 atom stereocenters. The number of fused-ring (bicyclic) bond motifs is 1. The van der Waals surface area contributed by atoms with E-state index < -0.39 is 9.84 Å². The van der Waals surface area contributed by atoms with Gasteiger partial charge in [-0.15, -0.1) is 0 Å². The summed E-state index contributed by atoms with van der Waals surface area (Å²) in [4.78, 5) is 20.2. The zero-order valence-electron chi connectivity index (χ0n) is 15.5. The van der Waals surface area contributed by atoms with Crippen molar-refractivity contribution in [1.82, 2.24) is 4.90 Å². The van der Waals surface area contributed by atoms with E-state index >= 15 is 0 Å². The molecule has 2 aliphatic heterocycles. The van der Waals surface area contributed by atoms with Gasteiger partial charge in [-0.2, -0.15) is 0 Å². The van der Waals surface area contributed by atoms with Crippen molar-refractivity contribution in [2.45, 2.75) is 31.8 Å². The molecule has 142 valence electrons. The normalized spacial score (nSPS) is 23.9. The maximum atomic E-state index is 12.1. The third-order valence-corrected chi connectivity index (χ3v) is 7.42. The van der Waals surface area contributed by atoms with E-state index in [1.54, 1.807) is 19.0 Å². The van der Waals surface area contributed by atoms with Crippen molar-refractivity contribution in [1.29, 1.82) is 0 Å². The highest BCUT2D eigenvalue weighted by Gasteiger charge is 2.47. The van der Waals surface area contributed by atoms with Crippen LogP contribution in [-0.4, -0.2) is 67.8 Å². The van der Waals surface area contributed by atoms with Crippen LogP contribution in [0.4, 0.5) is 5.69 Å². The molecule has 6 nitrogen and oxygen atoms in total. The van der Waals surface area contributed by atoms with Gasteiger partial charge in [0.15, 0.2) is 15.0 Å². The Hall–Kier alpha value is -1.54. The summed E-state index contributed by atoms with van der Waals surface area (Å²) in [6.07, 6.45) is 0. The second-order valence-corrected chi connectivity index (χ2v) is 10.4. The second-order valence-electron chi connectivity index (χ2n) is 7.32. The molecule has 26 heavy (non-hydrogen) atoms. The minimum atomic E-state index is -3.07. The van der Waals surface area contributed by atoms with Crippen LogP contribution in [0.2, 0.25) is 0 Å². The molecule has 0 N–H and O–H groups in total. The van der Waals surface area contributed by atoms with Crippen LogP contribution in [0.3, 0.4) is 0 Å². The third-order valence-electron chi connectivity index (χ3n) is 4.77. The predicted molar refractivity (Wildman–Crippen MR) is 108 cm³/mol. The Bertz CT molecular complexity index is 817. The number of rotatable bonds is 4. The van der Waals surface area contributed by atoms with E-state index in [2.05, 4.69) is 31.0 Å². The lowest BCUT2D eigenvalue weighted by Gasteiger charge is -2.27. The minimum absolute atomic E-state index is 0.0116. The molecule has 0 aliphatic carbocycles. The Morgan fingerprint density at radius 3 is 2.50 bits per heavy atom. The molecule has 1 fully saturated rings. The lowest BCUT2D eigenvalue weighted by atomic mass is 10.0. The number of amidine groups is 1. The quantitative estimate of drug-likeness (QED) is 0.780. The maximum Gasteiger partial charge on any atom is 0.232 e. The van der Waals surface area contributed by atoms with E-state index in [4.69, 9.17) is 0 Å². The number of anilines is 1. The number of hydrogen-bond acceptors (Lipinski definition) is 6. The van der Waals surface area contributed by atoms with Crippen molar-refractivity contribution in [3.8, 4) is 0 Å². The van der Waals surface area contributed by atoms with Crippen LogP contribution >= 0.6 is 11.8 Å². The van der Waals surface area contributed by atoms with E-state index in [1.807, 2.05) is 17.0 Å². The summed E-state index contributed by atoms with van der Waals surface area (Å²) < 4.78 is 24.1. The van der Waals surface area contributed by atoms with Gasteiger partial charge >= 0.3 is 0 Å². The number of amides is 1. The smallest absolute Gasteiger partial charge is 0.232 e. The molecule has 1 saturated heterocycles. The predicted octanol–water partition coefficient (Wildman–Crippen LogP) is 1.97. The maximum absolute atomic E-state index is 12.1. The molecule has 0 bridgehead atoms. The first-order valence-corrected chi connectivity index (χ1v) is 11.5. The van der Waals surface area contributed by atoms with Gasteiger partial charge in [0.1, 0.15) is 0 Å². The molecule has 0 aromatic heterocycles. The summed E-state index contributed by atoms with van der Waals surface area (Å²) in [5.74, 6) is 0.932. The first kappa shape index (κ1) is 19.2. The number of benzene rings is 1. The number of thioether (sulfide) groups is 1. The molecule has 0 saturated carbocycles. The van der Waals surface area contributed by atoms with Crippen LogP contribution in [0, 0.1) is 0 Å². The number of sulfone groups is 1. The highest BCUT2D eigenvalue weighted by Crippen LogP contribution is 2.35. The average molecular weight is 396 g/mol. The molecule has 0 spiro atoms. The monoisotopic (exact) mass is 395 g/mol. The van der Waals surface area contributed by atoms with Gasteiger partial charge < -0.3 is 9.80 Å². The average Bonchev–Trinajstić information content (AvgIpc) is 3.03. The summed E-state index contributed by atoms with van der Waals surface area (Å²) in [7, 11) is 0.381. The van der Waals surface area contributed by atoms with Gasteiger partial charge in [-0.1, -0.05) is 37.7 Å². The van der Waals surface area contributed by atoms with E-state index in [0.29, 0.717) is 11.7 Å². The molecule has 1 amide bonds. The summed E-state index contributed by atoms with van der Waals surface area (Å²) in [6.45, 7) is 4.28. The largest absolute Gasteiger partial charge is 0.348 e. The van der Waals surface area contributed by atoms with E-state index in [1.165, 1.54) is 17.3 Å². The molecule has 2 aliphatic rings. The molecule has 0 unspecified atom stereocenters. The van der Waals surface area contributed by atoms with Crippen LogP contribution in [-0.2, 0) is 14.6 Å². The van der Waals surface area contributed by atoms with Gasteiger partial charge in [0, 0.05) is 19.8 Å². The number of carbonyl (C=O) groups is 1. The van der Waals surface area contributed by atoms with Crippen molar-refractivity contribution in [3.05, 3.63) is 29.8 Å². The van der Waals surface area contributed by atoms with Crippen molar-refractivity contribution in [2.24, 2.45) is 4.99 Å². The summed E-state index contributed by atoms with van der Waals surface area (Å²) in [5, 5.41) is 0.738. The van der Waals surface area contributed by atoms with Gasteiger partial charge in [0.2, 0.25) is 5.91 Å². The first-order valence-electron chi connectivity index (χ1n) is 8.68. The minimum Gasteiger partial charge on any atom is -0.348 e. The number of hydrogen-bond donors (Lipinski definition) is 0. The van der Waals surface area contributed by atoms with Crippen LogP contribution in [0.15, 0.2) is 29.3 Å². The molecule has 2 heterocycles. The standard InChI is InChI=1S/C18H25N3O3S2/c1-12(2)13-5-7-14(8-6-13)21-16-11-26(23,24)10-15(16)19-18(21)25-9-17(22)20(3)4/h5-8,12,15-16H,9-11H2,1-4H3/t15-,16-/m1/s1. The van der Waals surface area contributed by atoms with Crippen LogP contribution in [0.1, 0.15) is 25.3 Å². The van der Waals surface area contributed by atoms with Crippen LogP contribution in [0.5, 0.6) is 0 Å². The Morgan fingerprint density at radius 1 is 1.27 bits per heavy atom. The Kier molecular flexibility index (Phi) is 5.35. The number of nitrogens with zero attached hydrogens (tertiary/aromatic N) is 3. The fourth-order valence-electron chi connectivity index (χ4n) is 3.21. The van der Waals surface area contributed by atoms with E-state index in [9.17, 15) is 13.2 Å². The molecule has 3 rings (SSSR count). The van der Waals surface area contributed by atoms with Crippen molar-refractivity contribution in [2.75, 3.05) is 36.3 Å². The van der Waals surface area contributed by atoms with Crippen LogP contribution < -0.4 is 4.90 Å². The number of aliphatic imine (C=N–C) groups is 1. The summed E-state index contributed by atoms with van der Waals surface area (Å²) in [5.41, 5.74) is 2.17. The highest BCUT2D eigenvalue weighted by atomic mass is 32.2. The Labute approximate surface area is 159 Å². The van der Waals surface area contributed by atoms with E-state index in [0.717, 1.165) is 10.9 Å². The SMILES string of the molecule is CC(C)c1ccc(N2C(SCC(=O)N(C)C)=N[C@@H]3CS(=O)(=O)C[C@H]32)cc1. The molecule has 8 heteroatoms. The lowest BCUT2D eigenvalue weighted by molar-refractivity contribution is -0.125. The first-order chi connectivity index (χ1) is 12.2. The molecule has 0 radical (unpaired) electrons. The number of carbonyl (C=O) groups excluding carboxylic acids is 1. The zero-order valence-corrected chi connectivity index (χ0v) is 17.2. The topological polar surface area (TPSA) is 70.1 Å². The fourth-order valence-corrected chi connectivity index (χ4v) is 6.16. The van der Waals surface area contributed by atoms with Crippen molar-refractivity contribution < 1.29 is 13.2 Å². The van der Waals surface area contributed by atoms with E-state index in [-0.39, 0.29) is 29.5 Å². The second kappa shape index (κ2) is 7.23. The Morgan fingerprint density at radius 2 is 1.92 bits per heavy atom. The van der Waals surface area contributed by atoms with Gasteiger partial charge in [0.25, 0.3) is 0 Å². The molecular weight excluding hydrogens is 370 g/mol. The van der Waals surface area contributed by atoms with Gasteiger partial charge in [-0.3, -0.25) is 9.79 Å².